The number of pyridine rings is 1. The zero-order valence-corrected chi connectivity index (χ0v) is 30.6. The maximum absolute atomic E-state index is 15.8. The van der Waals surface area contributed by atoms with Crippen LogP contribution in [0, 0.1) is 5.82 Å². The van der Waals surface area contributed by atoms with Gasteiger partial charge in [-0.15, -0.1) is 0 Å². The van der Waals surface area contributed by atoms with Crippen molar-refractivity contribution >= 4 is 45.1 Å². The Kier molecular flexibility index (Phi) is 9.67. The number of carbonyl (C=O) groups excluding carboxylic acids is 3. The number of imide groups is 1. The van der Waals surface area contributed by atoms with E-state index in [-0.39, 0.29) is 30.0 Å². The zero-order chi connectivity index (χ0) is 37.6. The Morgan fingerprint density at radius 2 is 1.53 bits per heavy atom. The summed E-state index contributed by atoms with van der Waals surface area (Å²) < 4.78 is 59.6. The van der Waals surface area contributed by atoms with Crippen molar-refractivity contribution in [3.8, 4) is 5.75 Å². The summed E-state index contributed by atoms with van der Waals surface area (Å²) in [4.78, 5) is 52.0. The van der Waals surface area contributed by atoms with Gasteiger partial charge in [0.15, 0.2) is 14.6 Å². The van der Waals surface area contributed by atoms with E-state index >= 15 is 4.39 Å². The largest absolute Gasteiger partial charge is 0.495 e. The highest BCUT2D eigenvalue weighted by atomic mass is 32.2. The molecule has 3 amide bonds. The van der Waals surface area contributed by atoms with Crippen LogP contribution >= 0.6 is 0 Å². The number of halogens is 1. The van der Waals surface area contributed by atoms with Gasteiger partial charge in [-0.05, 0) is 90.9 Å². The van der Waals surface area contributed by atoms with Crippen LogP contribution in [0.15, 0.2) is 71.9 Å². The van der Waals surface area contributed by atoms with Crippen LogP contribution in [0.1, 0.15) is 64.5 Å². The standard InChI is InChI=1S/C36H42FN5O8S/c1-33(2,3)49-31(44)42(32(45)50-34(4,5)6)30-36(20-41(21-36)24-12-10-9-11-13-24)51(46,47)22-35(7,40-30)26-18-23(14-16-27(26)37)39-29(43)28-17-15-25(48-8)19-38-28/h9-19H,20-22H2,1-8H3,(H,39,43). The van der Waals surface area contributed by atoms with E-state index < -0.39 is 66.8 Å². The van der Waals surface area contributed by atoms with Gasteiger partial charge in [-0.25, -0.2) is 27.4 Å². The Morgan fingerprint density at radius 1 is 0.922 bits per heavy atom. The number of aromatic nitrogens is 1. The number of para-hydroxylation sites is 1. The predicted octanol–water partition coefficient (Wildman–Crippen LogP) is 5.95. The summed E-state index contributed by atoms with van der Waals surface area (Å²) in [6.07, 6.45) is -1.05. The Hall–Kier alpha value is -5.05. The molecule has 5 rings (SSSR count). The third kappa shape index (κ3) is 7.67. The van der Waals surface area contributed by atoms with E-state index in [1.807, 2.05) is 6.07 Å². The lowest BCUT2D eigenvalue weighted by atomic mass is 9.90. The summed E-state index contributed by atoms with van der Waals surface area (Å²) in [7, 11) is -2.88. The first-order chi connectivity index (χ1) is 23.7. The van der Waals surface area contributed by atoms with E-state index in [0.29, 0.717) is 16.3 Å². The lowest BCUT2D eigenvalue weighted by Gasteiger charge is -2.54. The summed E-state index contributed by atoms with van der Waals surface area (Å²) in [5.74, 6) is -2.14. The zero-order valence-electron chi connectivity index (χ0n) is 29.8. The summed E-state index contributed by atoms with van der Waals surface area (Å²) in [6.45, 7) is 10.6. The van der Waals surface area contributed by atoms with Crippen LogP contribution < -0.4 is 15.0 Å². The molecule has 272 valence electrons. The Balaban J connectivity index is 1.65. The molecular formula is C36H42FN5O8S. The smallest absolute Gasteiger partial charge is 0.425 e. The van der Waals surface area contributed by atoms with Gasteiger partial charge in [-0.1, -0.05) is 18.2 Å². The lowest BCUT2D eigenvalue weighted by molar-refractivity contribution is 0.0136. The molecule has 3 aromatic rings. The molecule has 1 saturated heterocycles. The molecular weight excluding hydrogens is 681 g/mol. The number of hydrogen-bond acceptors (Lipinski definition) is 11. The summed E-state index contributed by atoms with van der Waals surface area (Å²) in [5, 5.41) is 2.65. The van der Waals surface area contributed by atoms with Crippen molar-refractivity contribution in [1.29, 1.82) is 0 Å². The van der Waals surface area contributed by atoms with Crippen LogP contribution in [0.5, 0.6) is 5.75 Å². The number of amidine groups is 1. The number of benzene rings is 2. The van der Waals surface area contributed by atoms with Gasteiger partial charge in [-0.2, -0.15) is 4.90 Å². The molecule has 51 heavy (non-hydrogen) atoms. The van der Waals surface area contributed by atoms with Gasteiger partial charge in [0.2, 0.25) is 0 Å². The lowest BCUT2D eigenvalue weighted by Crippen LogP contribution is -2.76. The van der Waals surface area contributed by atoms with Crippen molar-refractivity contribution < 1.29 is 41.4 Å². The number of amides is 3. The molecule has 13 nitrogen and oxygen atoms in total. The Bertz CT molecular complexity index is 1940. The number of ether oxygens (including phenoxy) is 3. The van der Waals surface area contributed by atoms with Gasteiger partial charge in [0, 0.05) is 30.0 Å². The number of aliphatic imine (C=N–C) groups is 1. The molecule has 2 aliphatic rings. The molecule has 2 aliphatic heterocycles. The fourth-order valence-corrected chi connectivity index (χ4v) is 8.20. The molecule has 15 heteroatoms. The first kappa shape index (κ1) is 37.2. The van der Waals surface area contributed by atoms with E-state index in [1.165, 1.54) is 38.4 Å². The van der Waals surface area contributed by atoms with E-state index in [0.717, 1.165) is 6.07 Å². The number of methoxy groups -OCH3 is 1. The number of rotatable bonds is 5. The highest BCUT2D eigenvalue weighted by molar-refractivity contribution is 7.94. The van der Waals surface area contributed by atoms with Gasteiger partial charge >= 0.3 is 12.2 Å². The van der Waals surface area contributed by atoms with E-state index in [2.05, 4.69) is 10.3 Å². The van der Waals surface area contributed by atoms with Crippen LogP contribution in [0.2, 0.25) is 0 Å². The van der Waals surface area contributed by atoms with Gasteiger partial charge in [0.1, 0.15) is 39.8 Å². The number of carbonyl (C=O) groups is 3. The van der Waals surface area contributed by atoms with E-state index in [9.17, 15) is 22.8 Å². The number of hydrogen-bond donors (Lipinski definition) is 1. The predicted molar refractivity (Wildman–Crippen MR) is 189 cm³/mol. The van der Waals surface area contributed by atoms with Gasteiger partial charge in [0.05, 0.1) is 19.1 Å². The summed E-state index contributed by atoms with van der Waals surface area (Å²) in [6, 6.07) is 15.7. The van der Waals surface area contributed by atoms with Crippen LogP contribution in [0.3, 0.4) is 0 Å². The summed E-state index contributed by atoms with van der Waals surface area (Å²) >= 11 is 0. The number of nitrogens with zero attached hydrogens (tertiary/aromatic N) is 4. The highest BCUT2D eigenvalue weighted by Gasteiger charge is 2.65. The van der Waals surface area contributed by atoms with Crippen LogP contribution in [0.4, 0.5) is 25.4 Å². The van der Waals surface area contributed by atoms with Crippen molar-refractivity contribution in [3.63, 3.8) is 0 Å². The fraction of sp³-hybridized carbons (Fsp3) is 0.417. The second-order valence-corrected chi connectivity index (χ2v) is 17.0. The number of anilines is 2. The van der Waals surface area contributed by atoms with Crippen molar-refractivity contribution in [1.82, 2.24) is 9.88 Å². The topological polar surface area (TPSA) is 157 Å². The van der Waals surface area contributed by atoms with Gasteiger partial charge in [0.25, 0.3) is 5.91 Å². The first-order valence-corrected chi connectivity index (χ1v) is 17.8. The monoisotopic (exact) mass is 723 g/mol. The molecule has 2 aromatic carbocycles. The second kappa shape index (κ2) is 13.2. The Labute approximate surface area is 296 Å². The third-order valence-corrected chi connectivity index (χ3v) is 10.8. The first-order valence-electron chi connectivity index (χ1n) is 16.2. The third-order valence-electron chi connectivity index (χ3n) is 8.21. The minimum Gasteiger partial charge on any atom is -0.495 e. The normalized spacial score (nSPS) is 19.3. The molecule has 3 heterocycles. The molecule has 1 N–H and O–H groups in total. The molecule has 1 atom stereocenters. The SMILES string of the molecule is COc1ccc(C(=O)Nc2ccc(F)c(C3(C)CS(=O)(=O)C4(CN(c5ccccc5)C4)C(N(C(=O)OC(C)(C)C)C(=O)OC(C)(C)C)=N3)c2)nc1. The van der Waals surface area contributed by atoms with Crippen LogP contribution in [-0.2, 0) is 24.8 Å². The number of sulfone groups is 1. The fourth-order valence-electron chi connectivity index (χ4n) is 5.85. The number of nitrogens with one attached hydrogen (secondary N) is 1. The van der Waals surface area contributed by atoms with Crippen molar-refractivity contribution in [2.75, 3.05) is 36.2 Å². The van der Waals surface area contributed by atoms with Crippen molar-refractivity contribution in [3.05, 3.63) is 83.9 Å². The maximum Gasteiger partial charge on any atom is 0.425 e. The van der Waals surface area contributed by atoms with Gasteiger partial charge < -0.3 is 24.4 Å². The molecule has 1 spiro atoms. The van der Waals surface area contributed by atoms with Crippen LogP contribution in [0.25, 0.3) is 0 Å². The van der Waals surface area contributed by atoms with E-state index in [4.69, 9.17) is 19.2 Å². The average Bonchev–Trinajstić information content (AvgIpc) is 2.99. The molecule has 1 fully saturated rings. The summed E-state index contributed by atoms with van der Waals surface area (Å²) in [5.41, 5.74) is -3.41. The minimum atomic E-state index is -4.34. The maximum atomic E-state index is 15.8. The van der Waals surface area contributed by atoms with Crippen LogP contribution in [-0.4, -0.2) is 84.1 Å². The average molecular weight is 724 g/mol. The van der Waals surface area contributed by atoms with Crippen molar-refractivity contribution in [2.24, 2.45) is 4.99 Å². The quantitative estimate of drug-likeness (QED) is 0.334. The van der Waals surface area contributed by atoms with Crippen molar-refractivity contribution in [2.45, 2.75) is 70.0 Å². The molecule has 1 aromatic heterocycles. The van der Waals surface area contributed by atoms with Gasteiger partial charge in [-0.3, -0.25) is 9.79 Å². The molecule has 0 bridgehead atoms. The molecule has 1 unspecified atom stereocenters. The minimum absolute atomic E-state index is 0.0497. The molecule has 0 saturated carbocycles. The molecule has 0 aliphatic carbocycles. The highest BCUT2D eigenvalue weighted by Crippen LogP contribution is 2.46. The molecule has 0 radical (unpaired) electrons. The second-order valence-electron chi connectivity index (χ2n) is 14.7. The van der Waals surface area contributed by atoms with E-state index in [1.54, 1.807) is 76.8 Å². The Morgan fingerprint density at radius 3 is 2.06 bits per heavy atom.